The Labute approximate surface area is 281 Å². The molecule has 4 nitrogen and oxygen atoms in total. The van der Waals surface area contributed by atoms with Crippen molar-refractivity contribution in [3.63, 3.8) is 0 Å². The van der Waals surface area contributed by atoms with Crippen LogP contribution >= 0.6 is 0 Å². The molecule has 48 heavy (non-hydrogen) atoms. The van der Waals surface area contributed by atoms with Gasteiger partial charge in [0.25, 0.3) is 0 Å². The van der Waals surface area contributed by atoms with E-state index in [1.165, 1.54) is 10.8 Å². The van der Waals surface area contributed by atoms with Crippen molar-refractivity contribution in [2.45, 2.75) is 12.3 Å². The molecule has 0 aliphatic carbocycles. The lowest BCUT2D eigenvalue weighted by molar-refractivity contribution is 0.202. The highest BCUT2D eigenvalue weighted by Gasteiger charge is 2.33. The lowest BCUT2D eigenvalue weighted by Gasteiger charge is -2.33. The quantitative estimate of drug-likeness (QED) is 0.140. The van der Waals surface area contributed by atoms with Crippen LogP contribution in [0.25, 0.3) is 43.8 Å². The lowest BCUT2D eigenvalue weighted by Crippen LogP contribution is -2.25. The Hall–Kier alpha value is -5.42. The molecule has 0 aliphatic rings. The molecule has 238 valence electrons. The van der Waals surface area contributed by atoms with Crippen LogP contribution < -0.4 is 9.47 Å². The minimum atomic E-state index is -0.566. The molecule has 0 aliphatic heterocycles. The van der Waals surface area contributed by atoms with Crippen LogP contribution in [0.1, 0.15) is 23.6 Å². The van der Waals surface area contributed by atoms with Crippen LogP contribution in [0.4, 0.5) is 0 Å². The molecule has 4 heteroatoms. The predicted molar refractivity (Wildman–Crippen MR) is 196 cm³/mol. The lowest BCUT2D eigenvalue weighted by atomic mass is 9.70. The molecule has 7 rings (SSSR count). The van der Waals surface area contributed by atoms with Crippen molar-refractivity contribution in [1.82, 2.24) is 0 Å². The van der Waals surface area contributed by atoms with Crippen LogP contribution in [0.5, 0.6) is 11.5 Å². The SMILES string of the molecule is CC(c1ccccc1)(c1ccc(OCCO)c(-c2ccc3ccccc3c2)c1)c1ccc(OCCO)c(-c2ccc3ccccc3c2)c1. The average Bonchev–Trinajstić information content (AvgIpc) is 3.15. The Morgan fingerprint density at radius 2 is 0.875 bits per heavy atom. The van der Waals surface area contributed by atoms with Gasteiger partial charge in [0, 0.05) is 16.5 Å². The first-order valence-corrected chi connectivity index (χ1v) is 16.4. The summed E-state index contributed by atoms with van der Waals surface area (Å²) in [6, 6.07) is 53.0. The van der Waals surface area contributed by atoms with Crippen LogP contribution in [0, 0.1) is 0 Å². The van der Waals surface area contributed by atoms with Crippen molar-refractivity contribution >= 4 is 21.5 Å². The summed E-state index contributed by atoms with van der Waals surface area (Å²) in [6.45, 7) is 2.55. The standard InChI is InChI=1S/C44H38O4/c1-44(37-13-3-2-4-14-37,38-19-21-42(47-25-23-45)40(29-38)35-17-15-31-9-5-7-11-33(31)27-35)39-20-22-43(48-26-24-46)41(30-39)36-18-16-32-10-6-8-12-34(32)28-36/h2-22,27-30,45-46H,23-26H2,1H3. The van der Waals surface area contributed by atoms with Crippen molar-refractivity contribution < 1.29 is 19.7 Å². The number of fused-ring (bicyclic) bond motifs is 2. The summed E-state index contributed by atoms with van der Waals surface area (Å²) in [5.41, 5.74) is 6.80. The van der Waals surface area contributed by atoms with E-state index >= 15 is 0 Å². The van der Waals surface area contributed by atoms with Gasteiger partial charge in [0.15, 0.2) is 0 Å². The predicted octanol–water partition coefficient (Wildman–Crippen LogP) is 9.42. The van der Waals surface area contributed by atoms with Crippen molar-refractivity contribution in [2.24, 2.45) is 0 Å². The number of aliphatic hydroxyl groups excluding tert-OH is 2. The molecular formula is C44H38O4. The maximum absolute atomic E-state index is 9.62. The van der Waals surface area contributed by atoms with Crippen molar-refractivity contribution in [2.75, 3.05) is 26.4 Å². The van der Waals surface area contributed by atoms with Gasteiger partial charge < -0.3 is 19.7 Å². The highest BCUT2D eigenvalue weighted by molar-refractivity contribution is 5.90. The molecule has 2 N–H and O–H groups in total. The van der Waals surface area contributed by atoms with Gasteiger partial charge in [0.1, 0.15) is 24.7 Å². The number of ether oxygens (including phenoxy) is 2. The normalized spacial score (nSPS) is 11.6. The number of rotatable bonds is 11. The largest absolute Gasteiger partial charge is 0.491 e. The van der Waals surface area contributed by atoms with Crippen molar-refractivity contribution in [3.05, 3.63) is 168 Å². The minimum absolute atomic E-state index is 0.0666. The fraction of sp³-hybridized carbons (Fsp3) is 0.136. The molecule has 0 fully saturated rings. The van der Waals surface area contributed by atoms with E-state index in [2.05, 4.69) is 140 Å². The molecule has 0 saturated carbocycles. The second kappa shape index (κ2) is 13.7. The van der Waals surface area contributed by atoms with E-state index in [0.717, 1.165) is 61.2 Å². The van der Waals surface area contributed by atoms with Gasteiger partial charge in [-0.05, 0) is 92.7 Å². The molecule has 0 bridgehead atoms. The first kappa shape index (κ1) is 31.2. The smallest absolute Gasteiger partial charge is 0.127 e. The summed E-state index contributed by atoms with van der Waals surface area (Å²) < 4.78 is 12.2. The first-order chi connectivity index (χ1) is 23.6. The van der Waals surface area contributed by atoms with E-state index in [-0.39, 0.29) is 26.4 Å². The zero-order valence-electron chi connectivity index (χ0n) is 27.0. The molecule has 0 amide bonds. The fourth-order valence-electron chi connectivity index (χ4n) is 6.68. The molecule has 0 spiro atoms. The number of hydrogen-bond donors (Lipinski definition) is 2. The number of aliphatic hydroxyl groups is 2. The van der Waals surface area contributed by atoms with Crippen molar-refractivity contribution in [3.8, 4) is 33.8 Å². The third-order valence-electron chi connectivity index (χ3n) is 9.28. The van der Waals surface area contributed by atoms with Gasteiger partial charge in [0.05, 0.1) is 13.2 Å². The second-order valence-corrected chi connectivity index (χ2v) is 12.2. The van der Waals surface area contributed by atoms with Gasteiger partial charge >= 0.3 is 0 Å². The van der Waals surface area contributed by atoms with Gasteiger partial charge in [-0.15, -0.1) is 0 Å². The number of hydrogen-bond acceptors (Lipinski definition) is 4. The van der Waals surface area contributed by atoms with Gasteiger partial charge in [-0.1, -0.05) is 115 Å². The highest BCUT2D eigenvalue weighted by Crippen LogP contribution is 2.45. The van der Waals surface area contributed by atoms with E-state index < -0.39 is 5.41 Å². The second-order valence-electron chi connectivity index (χ2n) is 12.2. The Kier molecular flexibility index (Phi) is 8.93. The summed E-state index contributed by atoms with van der Waals surface area (Å²) >= 11 is 0. The van der Waals surface area contributed by atoms with Gasteiger partial charge in [0.2, 0.25) is 0 Å². The summed E-state index contributed by atoms with van der Waals surface area (Å²) in [6.07, 6.45) is 0. The molecule has 0 aromatic heterocycles. The van der Waals surface area contributed by atoms with Gasteiger partial charge in [-0.25, -0.2) is 0 Å². The molecule has 7 aromatic rings. The topological polar surface area (TPSA) is 58.9 Å². The van der Waals surface area contributed by atoms with E-state index in [9.17, 15) is 10.2 Å². The van der Waals surface area contributed by atoms with Crippen LogP contribution in [-0.4, -0.2) is 36.6 Å². The first-order valence-electron chi connectivity index (χ1n) is 16.4. The molecule has 0 atom stereocenters. The van der Waals surface area contributed by atoms with E-state index in [1.54, 1.807) is 0 Å². The third kappa shape index (κ3) is 6.04. The summed E-state index contributed by atoms with van der Waals surface area (Å²) in [5.74, 6) is 1.45. The third-order valence-corrected chi connectivity index (χ3v) is 9.28. The van der Waals surface area contributed by atoms with E-state index in [0.29, 0.717) is 0 Å². The summed E-state index contributed by atoms with van der Waals surface area (Å²) in [7, 11) is 0. The van der Waals surface area contributed by atoms with Crippen LogP contribution in [0.3, 0.4) is 0 Å². The Balaban J connectivity index is 1.43. The van der Waals surface area contributed by atoms with Crippen LogP contribution in [0.2, 0.25) is 0 Å². The van der Waals surface area contributed by atoms with E-state index in [4.69, 9.17) is 9.47 Å². The summed E-state index contributed by atoms with van der Waals surface area (Å²) in [4.78, 5) is 0. The maximum atomic E-state index is 9.62. The molecule has 0 radical (unpaired) electrons. The molecule has 7 aromatic carbocycles. The van der Waals surface area contributed by atoms with E-state index in [1.807, 2.05) is 18.2 Å². The Bertz CT molecular complexity index is 2050. The van der Waals surface area contributed by atoms with Gasteiger partial charge in [-0.3, -0.25) is 0 Å². The highest BCUT2D eigenvalue weighted by atomic mass is 16.5. The zero-order valence-corrected chi connectivity index (χ0v) is 27.0. The molecular weight excluding hydrogens is 592 g/mol. The summed E-state index contributed by atoms with van der Waals surface area (Å²) in [5, 5.41) is 23.9. The van der Waals surface area contributed by atoms with Crippen molar-refractivity contribution in [1.29, 1.82) is 0 Å². The Morgan fingerprint density at radius 3 is 1.33 bits per heavy atom. The molecule has 0 heterocycles. The monoisotopic (exact) mass is 630 g/mol. The van der Waals surface area contributed by atoms with Crippen LogP contribution in [-0.2, 0) is 5.41 Å². The average molecular weight is 631 g/mol. The molecule has 0 unspecified atom stereocenters. The maximum Gasteiger partial charge on any atom is 0.127 e. The minimum Gasteiger partial charge on any atom is -0.491 e. The molecule has 0 saturated heterocycles. The van der Waals surface area contributed by atoms with Gasteiger partial charge in [-0.2, -0.15) is 0 Å². The number of benzene rings is 7. The fourth-order valence-corrected chi connectivity index (χ4v) is 6.68. The Morgan fingerprint density at radius 1 is 0.438 bits per heavy atom. The van der Waals surface area contributed by atoms with Crippen LogP contribution in [0.15, 0.2) is 152 Å². The zero-order chi connectivity index (χ0) is 32.9.